The lowest BCUT2D eigenvalue weighted by atomic mass is 10.3. The van der Waals surface area contributed by atoms with E-state index < -0.39 is 12.0 Å². The van der Waals surface area contributed by atoms with Crippen LogP contribution in [-0.2, 0) is 6.42 Å². The number of H-pyrrole nitrogens is 1. The standard InChI is InChI=1S/C11H12N4O3S/c16-10(17)7-2-6-19-9(7)15-11(18)14-3-1-8-12-4-5-13-8/h2,4-6H,1,3H2,(H,12,13)(H,16,17)(H2,14,15,18). The zero-order valence-corrected chi connectivity index (χ0v) is 10.7. The molecule has 0 saturated heterocycles. The Balaban J connectivity index is 1.81. The smallest absolute Gasteiger partial charge is 0.338 e. The molecule has 0 aliphatic rings. The van der Waals surface area contributed by atoms with Crippen LogP contribution < -0.4 is 10.6 Å². The number of amides is 2. The van der Waals surface area contributed by atoms with Crippen molar-refractivity contribution >= 4 is 28.3 Å². The molecule has 7 nitrogen and oxygen atoms in total. The molecule has 2 heterocycles. The van der Waals surface area contributed by atoms with E-state index in [1.165, 1.54) is 17.4 Å². The molecule has 2 amide bonds. The normalized spacial score (nSPS) is 10.1. The maximum Gasteiger partial charge on any atom is 0.338 e. The Morgan fingerprint density at radius 1 is 1.47 bits per heavy atom. The fourth-order valence-electron chi connectivity index (χ4n) is 1.45. The number of nitrogens with one attached hydrogen (secondary N) is 3. The van der Waals surface area contributed by atoms with Gasteiger partial charge in [-0.2, -0.15) is 0 Å². The Labute approximate surface area is 112 Å². The van der Waals surface area contributed by atoms with E-state index in [0.29, 0.717) is 18.0 Å². The Hall–Kier alpha value is -2.35. The van der Waals surface area contributed by atoms with Crippen LogP contribution >= 0.6 is 11.3 Å². The Bertz CT molecular complexity index is 564. The number of rotatable bonds is 5. The molecule has 0 atom stereocenters. The molecule has 0 fully saturated rings. The van der Waals surface area contributed by atoms with Crippen molar-refractivity contribution < 1.29 is 14.7 Å². The van der Waals surface area contributed by atoms with Gasteiger partial charge in [0.25, 0.3) is 0 Å². The van der Waals surface area contributed by atoms with Crippen molar-refractivity contribution in [2.45, 2.75) is 6.42 Å². The van der Waals surface area contributed by atoms with E-state index in [1.807, 2.05) is 0 Å². The average Bonchev–Trinajstić information content (AvgIpc) is 2.99. The topological polar surface area (TPSA) is 107 Å². The SMILES string of the molecule is O=C(NCCc1ncc[nH]1)Nc1sccc1C(=O)O. The monoisotopic (exact) mass is 280 g/mol. The predicted molar refractivity (Wildman–Crippen MR) is 70.6 cm³/mol. The summed E-state index contributed by atoms with van der Waals surface area (Å²) in [4.78, 5) is 29.4. The second-order valence-corrected chi connectivity index (χ2v) is 4.55. The lowest BCUT2D eigenvalue weighted by molar-refractivity contribution is 0.0698. The lowest BCUT2D eigenvalue weighted by Gasteiger charge is -2.06. The quantitative estimate of drug-likeness (QED) is 0.666. The van der Waals surface area contributed by atoms with E-state index in [1.54, 1.807) is 17.8 Å². The van der Waals surface area contributed by atoms with E-state index in [9.17, 15) is 9.59 Å². The van der Waals surface area contributed by atoms with E-state index in [0.717, 1.165) is 5.82 Å². The van der Waals surface area contributed by atoms with Crippen LogP contribution in [0.5, 0.6) is 0 Å². The lowest BCUT2D eigenvalue weighted by Crippen LogP contribution is -2.30. The predicted octanol–water partition coefficient (Wildman–Crippen LogP) is 1.53. The van der Waals surface area contributed by atoms with Gasteiger partial charge in [0.2, 0.25) is 0 Å². The summed E-state index contributed by atoms with van der Waals surface area (Å²) < 4.78 is 0. The van der Waals surface area contributed by atoms with Gasteiger partial charge in [-0.15, -0.1) is 11.3 Å². The number of carbonyl (C=O) groups excluding carboxylic acids is 1. The highest BCUT2D eigenvalue weighted by Crippen LogP contribution is 2.22. The maximum atomic E-state index is 11.6. The summed E-state index contributed by atoms with van der Waals surface area (Å²) in [6, 6.07) is 1.02. The summed E-state index contributed by atoms with van der Waals surface area (Å²) in [5.74, 6) is -0.283. The number of anilines is 1. The highest BCUT2D eigenvalue weighted by molar-refractivity contribution is 7.14. The molecule has 8 heteroatoms. The average molecular weight is 280 g/mol. The third-order valence-corrected chi connectivity index (χ3v) is 3.15. The van der Waals surface area contributed by atoms with Crippen molar-refractivity contribution in [2.24, 2.45) is 0 Å². The number of hydrogen-bond acceptors (Lipinski definition) is 4. The van der Waals surface area contributed by atoms with Gasteiger partial charge in [-0.1, -0.05) is 0 Å². The number of aromatic amines is 1. The molecule has 0 aromatic carbocycles. The van der Waals surface area contributed by atoms with E-state index in [2.05, 4.69) is 20.6 Å². The van der Waals surface area contributed by atoms with Gasteiger partial charge < -0.3 is 15.4 Å². The summed E-state index contributed by atoms with van der Waals surface area (Å²) in [5.41, 5.74) is 0.0891. The molecule has 2 aromatic heterocycles. The van der Waals surface area contributed by atoms with Crippen LogP contribution in [0.1, 0.15) is 16.2 Å². The molecule has 0 aliphatic heterocycles. The van der Waals surface area contributed by atoms with Gasteiger partial charge >= 0.3 is 12.0 Å². The minimum atomic E-state index is -1.06. The number of urea groups is 1. The van der Waals surface area contributed by atoms with Gasteiger partial charge in [0.05, 0.1) is 5.56 Å². The zero-order chi connectivity index (χ0) is 13.7. The van der Waals surface area contributed by atoms with E-state index in [-0.39, 0.29) is 5.56 Å². The number of thiophene rings is 1. The first-order valence-corrected chi connectivity index (χ1v) is 6.38. The van der Waals surface area contributed by atoms with E-state index in [4.69, 9.17) is 5.11 Å². The Morgan fingerprint density at radius 2 is 2.32 bits per heavy atom. The number of carboxylic acid groups (broad SMARTS) is 1. The second-order valence-electron chi connectivity index (χ2n) is 3.64. The van der Waals surface area contributed by atoms with Crippen LogP contribution in [0.2, 0.25) is 0 Å². The third-order valence-electron chi connectivity index (χ3n) is 2.32. The minimum absolute atomic E-state index is 0.0891. The molecule has 2 rings (SSSR count). The van der Waals surface area contributed by atoms with Crippen LogP contribution in [0.15, 0.2) is 23.8 Å². The van der Waals surface area contributed by atoms with Crippen LogP contribution in [0.4, 0.5) is 9.80 Å². The number of imidazole rings is 1. The number of aromatic carboxylic acids is 1. The molecule has 0 unspecified atom stereocenters. The first kappa shape index (κ1) is 13.1. The highest BCUT2D eigenvalue weighted by Gasteiger charge is 2.13. The molecule has 4 N–H and O–H groups in total. The van der Waals surface area contributed by atoms with Crippen LogP contribution in [0.3, 0.4) is 0 Å². The zero-order valence-electron chi connectivity index (χ0n) is 9.84. The fourth-order valence-corrected chi connectivity index (χ4v) is 2.23. The van der Waals surface area contributed by atoms with Crippen molar-refractivity contribution in [1.82, 2.24) is 15.3 Å². The summed E-state index contributed by atoms with van der Waals surface area (Å²) in [6.45, 7) is 0.410. The largest absolute Gasteiger partial charge is 0.478 e. The maximum absolute atomic E-state index is 11.6. The Kier molecular flexibility index (Phi) is 4.14. The van der Waals surface area contributed by atoms with Crippen molar-refractivity contribution in [3.05, 3.63) is 35.2 Å². The molecular weight excluding hydrogens is 268 g/mol. The first-order chi connectivity index (χ1) is 9.16. The summed E-state index contributed by atoms with van der Waals surface area (Å²) in [5, 5.41) is 16.0. The molecule has 19 heavy (non-hydrogen) atoms. The van der Waals surface area contributed by atoms with Gasteiger partial charge in [-0.3, -0.25) is 5.32 Å². The van der Waals surface area contributed by atoms with Crippen LogP contribution in [0, 0.1) is 0 Å². The summed E-state index contributed by atoms with van der Waals surface area (Å²) >= 11 is 1.17. The van der Waals surface area contributed by atoms with Crippen molar-refractivity contribution in [1.29, 1.82) is 0 Å². The van der Waals surface area contributed by atoms with Crippen molar-refractivity contribution in [2.75, 3.05) is 11.9 Å². The van der Waals surface area contributed by atoms with E-state index >= 15 is 0 Å². The van der Waals surface area contributed by atoms with Gasteiger partial charge in [0.1, 0.15) is 10.8 Å². The molecule has 2 aromatic rings. The number of hydrogen-bond donors (Lipinski definition) is 4. The van der Waals surface area contributed by atoms with Gasteiger partial charge in [-0.05, 0) is 11.4 Å². The van der Waals surface area contributed by atoms with Gasteiger partial charge in [-0.25, -0.2) is 14.6 Å². The van der Waals surface area contributed by atoms with Gasteiger partial charge in [0, 0.05) is 25.4 Å². The van der Waals surface area contributed by atoms with Crippen LogP contribution in [-0.4, -0.2) is 33.6 Å². The molecule has 100 valence electrons. The minimum Gasteiger partial charge on any atom is -0.478 e. The van der Waals surface area contributed by atoms with Crippen molar-refractivity contribution in [3.8, 4) is 0 Å². The molecule has 0 spiro atoms. The number of nitrogens with zero attached hydrogens (tertiary/aromatic N) is 1. The second kappa shape index (κ2) is 6.01. The molecule has 0 saturated carbocycles. The Morgan fingerprint density at radius 3 is 3.00 bits per heavy atom. The van der Waals surface area contributed by atoms with Crippen molar-refractivity contribution in [3.63, 3.8) is 0 Å². The summed E-state index contributed by atoms with van der Waals surface area (Å²) in [6.07, 6.45) is 3.93. The third kappa shape index (κ3) is 3.55. The molecule has 0 bridgehead atoms. The number of aromatic nitrogens is 2. The first-order valence-electron chi connectivity index (χ1n) is 5.50. The number of carboxylic acids is 1. The highest BCUT2D eigenvalue weighted by atomic mass is 32.1. The number of carbonyl (C=O) groups is 2. The molecule has 0 aliphatic carbocycles. The molecule has 0 radical (unpaired) electrons. The summed E-state index contributed by atoms with van der Waals surface area (Å²) in [7, 11) is 0. The fraction of sp³-hybridized carbons (Fsp3) is 0.182. The van der Waals surface area contributed by atoms with Crippen LogP contribution in [0.25, 0.3) is 0 Å². The molecular formula is C11H12N4O3S. The van der Waals surface area contributed by atoms with Gasteiger partial charge in [0.15, 0.2) is 0 Å².